The van der Waals surface area contributed by atoms with Crippen molar-refractivity contribution in [1.29, 1.82) is 0 Å². The van der Waals surface area contributed by atoms with Crippen LogP contribution in [0.4, 0.5) is 9.39 Å². The maximum absolute atomic E-state index is 13.0. The predicted octanol–water partition coefficient (Wildman–Crippen LogP) is 4.16. The van der Waals surface area contributed by atoms with Crippen LogP contribution in [0.5, 0.6) is 5.75 Å². The van der Waals surface area contributed by atoms with E-state index in [-0.39, 0.29) is 24.1 Å². The second-order valence-electron chi connectivity index (χ2n) is 6.52. The monoisotopic (exact) mass is 478 g/mol. The highest BCUT2D eigenvalue weighted by molar-refractivity contribution is 7.99. The number of amides is 1. The van der Waals surface area contributed by atoms with Crippen LogP contribution in [0.3, 0.4) is 0 Å². The van der Waals surface area contributed by atoms with Gasteiger partial charge in [-0.05, 0) is 43.7 Å². The number of thiophene rings is 1. The summed E-state index contributed by atoms with van der Waals surface area (Å²) in [6, 6.07) is 7.46. The minimum absolute atomic E-state index is 0.0942. The lowest BCUT2D eigenvalue weighted by Crippen LogP contribution is -2.16. The van der Waals surface area contributed by atoms with Gasteiger partial charge in [0.1, 0.15) is 23.2 Å². The summed E-state index contributed by atoms with van der Waals surface area (Å²) >= 11 is 2.59. The van der Waals surface area contributed by atoms with Crippen LogP contribution in [0.2, 0.25) is 0 Å². The maximum Gasteiger partial charge on any atom is 0.340 e. The van der Waals surface area contributed by atoms with Crippen molar-refractivity contribution in [2.24, 2.45) is 0 Å². The van der Waals surface area contributed by atoms with Gasteiger partial charge in [0.2, 0.25) is 5.91 Å². The van der Waals surface area contributed by atoms with Crippen LogP contribution >= 0.6 is 23.1 Å². The lowest BCUT2D eigenvalue weighted by atomic mass is 10.2. The molecule has 2 heterocycles. The number of aryl methyl sites for hydroxylation is 1. The van der Waals surface area contributed by atoms with Crippen LogP contribution in [0, 0.1) is 5.82 Å². The van der Waals surface area contributed by atoms with Crippen LogP contribution < -0.4 is 10.1 Å². The van der Waals surface area contributed by atoms with E-state index in [4.69, 9.17) is 9.47 Å². The Balaban J connectivity index is 1.61. The van der Waals surface area contributed by atoms with Gasteiger partial charge in [-0.15, -0.1) is 21.5 Å². The van der Waals surface area contributed by atoms with E-state index in [0.29, 0.717) is 33.8 Å². The van der Waals surface area contributed by atoms with Gasteiger partial charge >= 0.3 is 5.97 Å². The molecule has 3 aromatic rings. The van der Waals surface area contributed by atoms with Crippen molar-refractivity contribution in [2.75, 3.05) is 18.2 Å². The largest absolute Gasteiger partial charge is 0.486 e. The Morgan fingerprint density at radius 2 is 1.97 bits per heavy atom. The first-order valence-electron chi connectivity index (χ1n) is 9.89. The number of carbonyl (C=O) groups excluding carboxylic acids is 2. The first-order valence-corrected chi connectivity index (χ1v) is 11.7. The number of hydrogen-bond acceptors (Lipinski definition) is 8. The molecule has 0 spiro atoms. The van der Waals surface area contributed by atoms with Gasteiger partial charge in [-0.1, -0.05) is 18.7 Å². The molecule has 0 unspecified atom stereocenters. The van der Waals surface area contributed by atoms with Gasteiger partial charge in [-0.2, -0.15) is 0 Å². The molecule has 0 atom stereocenters. The molecule has 0 saturated heterocycles. The van der Waals surface area contributed by atoms with Crippen LogP contribution in [0.15, 0.2) is 35.5 Å². The number of carbonyl (C=O) groups is 2. The molecule has 170 valence electrons. The molecule has 1 aromatic carbocycles. The zero-order valence-electron chi connectivity index (χ0n) is 17.9. The summed E-state index contributed by atoms with van der Waals surface area (Å²) in [6.45, 7) is 4.67. The van der Waals surface area contributed by atoms with Crippen LogP contribution in [-0.4, -0.2) is 39.5 Å². The molecule has 0 aliphatic heterocycles. The number of anilines is 1. The normalized spacial score (nSPS) is 10.8. The molecule has 11 heteroatoms. The molecule has 0 aliphatic rings. The van der Waals surface area contributed by atoms with Crippen molar-refractivity contribution >= 4 is 40.0 Å². The second-order valence-corrected chi connectivity index (χ2v) is 8.60. The quantitative estimate of drug-likeness (QED) is 0.345. The highest BCUT2D eigenvalue weighted by Crippen LogP contribution is 2.29. The van der Waals surface area contributed by atoms with E-state index < -0.39 is 5.97 Å². The van der Waals surface area contributed by atoms with Crippen LogP contribution in [0.25, 0.3) is 0 Å². The number of esters is 1. The Bertz CT molecular complexity index is 1080. The first kappa shape index (κ1) is 23.7. The number of hydrogen-bond donors (Lipinski definition) is 1. The zero-order chi connectivity index (χ0) is 23.1. The van der Waals surface area contributed by atoms with Crippen molar-refractivity contribution in [3.63, 3.8) is 0 Å². The number of nitrogens with one attached hydrogen (secondary N) is 1. The Hall–Kier alpha value is -2.92. The number of ether oxygens (including phenoxy) is 2. The molecule has 0 saturated carbocycles. The van der Waals surface area contributed by atoms with E-state index in [1.54, 1.807) is 18.2 Å². The van der Waals surface area contributed by atoms with Gasteiger partial charge in [0, 0.05) is 11.4 Å². The minimum Gasteiger partial charge on any atom is -0.486 e. The number of aromatic nitrogens is 3. The number of nitrogens with zero attached hydrogens (tertiary/aromatic N) is 3. The Kier molecular flexibility index (Phi) is 8.23. The average Bonchev–Trinajstić information content (AvgIpc) is 3.40. The van der Waals surface area contributed by atoms with Gasteiger partial charge in [0.15, 0.2) is 11.0 Å². The molecule has 0 fully saturated rings. The highest BCUT2D eigenvalue weighted by Gasteiger charge is 2.19. The SMILES string of the molecule is CCc1cc(C(=O)OC)c(NC(=O)CSc2nnc(COc3ccc(F)cc3)n2CC)s1. The summed E-state index contributed by atoms with van der Waals surface area (Å²) in [5.74, 6) is 0.128. The van der Waals surface area contributed by atoms with Crippen molar-refractivity contribution in [1.82, 2.24) is 14.8 Å². The van der Waals surface area contributed by atoms with Crippen molar-refractivity contribution in [3.8, 4) is 5.75 Å². The van der Waals surface area contributed by atoms with Crippen molar-refractivity contribution < 1.29 is 23.5 Å². The molecule has 1 N–H and O–H groups in total. The minimum atomic E-state index is -0.486. The molecule has 0 aliphatic carbocycles. The van der Waals surface area contributed by atoms with Gasteiger partial charge in [-0.25, -0.2) is 9.18 Å². The summed E-state index contributed by atoms with van der Waals surface area (Å²) in [5, 5.41) is 12.1. The lowest BCUT2D eigenvalue weighted by molar-refractivity contribution is -0.113. The fraction of sp³-hybridized carbons (Fsp3) is 0.333. The Morgan fingerprint density at radius 3 is 2.62 bits per heavy atom. The number of halogens is 1. The van der Waals surface area contributed by atoms with Crippen LogP contribution in [-0.2, 0) is 29.1 Å². The van der Waals surface area contributed by atoms with Crippen molar-refractivity contribution in [2.45, 2.75) is 38.6 Å². The average molecular weight is 479 g/mol. The molecule has 1 amide bonds. The van der Waals surface area contributed by atoms with E-state index in [2.05, 4.69) is 15.5 Å². The van der Waals surface area contributed by atoms with Gasteiger partial charge < -0.3 is 19.4 Å². The molecule has 32 heavy (non-hydrogen) atoms. The van der Waals surface area contributed by atoms with Crippen LogP contribution in [0.1, 0.15) is 34.9 Å². The number of methoxy groups -OCH3 is 1. The molecule has 2 aromatic heterocycles. The third-order valence-electron chi connectivity index (χ3n) is 4.41. The summed E-state index contributed by atoms with van der Waals surface area (Å²) in [6.07, 6.45) is 0.752. The first-order chi connectivity index (χ1) is 15.4. The van der Waals surface area contributed by atoms with E-state index in [1.165, 1.54) is 42.3 Å². The van der Waals surface area contributed by atoms with Gasteiger partial charge in [0.25, 0.3) is 0 Å². The Morgan fingerprint density at radius 1 is 1.22 bits per heavy atom. The van der Waals surface area contributed by atoms with Gasteiger partial charge in [0.05, 0.1) is 18.4 Å². The number of thioether (sulfide) groups is 1. The summed E-state index contributed by atoms with van der Waals surface area (Å²) in [4.78, 5) is 25.4. The second kappa shape index (κ2) is 11.1. The molecular weight excluding hydrogens is 455 g/mol. The third-order valence-corrected chi connectivity index (χ3v) is 6.58. The van der Waals surface area contributed by atoms with E-state index >= 15 is 0 Å². The molecular formula is C21H23FN4O4S2. The summed E-state index contributed by atoms with van der Waals surface area (Å²) in [7, 11) is 1.31. The smallest absolute Gasteiger partial charge is 0.340 e. The van der Waals surface area contributed by atoms with Gasteiger partial charge in [-0.3, -0.25) is 4.79 Å². The van der Waals surface area contributed by atoms with E-state index in [0.717, 1.165) is 11.3 Å². The number of rotatable bonds is 10. The molecule has 0 radical (unpaired) electrons. The fourth-order valence-corrected chi connectivity index (χ4v) is 4.61. The predicted molar refractivity (Wildman–Crippen MR) is 121 cm³/mol. The van der Waals surface area contributed by atoms with E-state index in [1.807, 2.05) is 18.4 Å². The third kappa shape index (κ3) is 5.86. The standard InChI is InChI=1S/C21H23FN4O4S2/c1-4-15-10-16(20(28)29-3)19(32-15)23-18(27)12-31-21-25-24-17(26(21)5-2)11-30-14-8-6-13(22)7-9-14/h6-10H,4-5,11-12H2,1-3H3,(H,23,27). The molecule has 3 rings (SSSR count). The van der Waals surface area contributed by atoms with Crippen molar-refractivity contribution in [3.05, 3.63) is 52.4 Å². The van der Waals surface area contributed by atoms with E-state index in [9.17, 15) is 14.0 Å². The summed E-state index contributed by atoms with van der Waals surface area (Å²) in [5.41, 5.74) is 0.352. The maximum atomic E-state index is 13.0. The lowest BCUT2D eigenvalue weighted by Gasteiger charge is -2.09. The molecule has 8 nitrogen and oxygen atoms in total. The zero-order valence-corrected chi connectivity index (χ0v) is 19.5. The fourth-order valence-electron chi connectivity index (χ4n) is 2.79. The topological polar surface area (TPSA) is 95.3 Å². The Labute approximate surface area is 193 Å². The number of benzene rings is 1. The highest BCUT2D eigenvalue weighted by atomic mass is 32.2. The summed E-state index contributed by atoms with van der Waals surface area (Å²) < 4.78 is 25.3. The molecule has 0 bridgehead atoms.